The fraction of sp³-hybridized carbons (Fsp3) is 0.278. The highest BCUT2D eigenvalue weighted by Crippen LogP contribution is 2.21. The van der Waals surface area contributed by atoms with Crippen molar-refractivity contribution in [3.63, 3.8) is 0 Å². The molecule has 8 heteroatoms. The molecule has 138 valence electrons. The molecule has 0 radical (unpaired) electrons. The van der Waals surface area contributed by atoms with Crippen LogP contribution in [0.3, 0.4) is 0 Å². The molecular weight excluding hydrogens is 394 g/mol. The molecule has 0 aliphatic rings. The number of ether oxygens (including phenoxy) is 1. The van der Waals surface area contributed by atoms with Crippen molar-refractivity contribution < 1.29 is 19.1 Å². The van der Waals surface area contributed by atoms with Gasteiger partial charge in [-0.25, -0.2) is 0 Å². The van der Waals surface area contributed by atoms with E-state index in [1.807, 2.05) is 32.0 Å². The van der Waals surface area contributed by atoms with Gasteiger partial charge in [0.05, 0.1) is 20.7 Å². The summed E-state index contributed by atoms with van der Waals surface area (Å²) in [6, 6.07) is 8.97. The molecule has 2 aromatic rings. The molecule has 5 nitrogen and oxygen atoms in total. The SMILES string of the molecule is Cc1ccc(NC(=O)CSCC(=O)OCC(=O)c2ccc(Cl)s2)c(C)c1. The normalized spacial score (nSPS) is 10.4. The molecule has 1 aromatic heterocycles. The van der Waals surface area contributed by atoms with Crippen LogP contribution in [-0.2, 0) is 14.3 Å². The van der Waals surface area contributed by atoms with E-state index in [0.717, 1.165) is 39.9 Å². The fourth-order valence-electron chi connectivity index (χ4n) is 2.09. The summed E-state index contributed by atoms with van der Waals surface area (Å²) in [7, 11) is 0. The first kappa shape index (κ1) is 20.5. The second kappa shape index (κ2) is 9.75. The second-order valence-electron chi connectivity index (χ2n) is 5.55. The molecule has 1 heterocycles. The molecule has 0 unspecified atom stereocenters. The standard InChI is InChI=1S/C18H18ClNO4S2/c1-11-3-4-13(12(2)7-11)20-17(22)9-25-10-18(23)24-8-14(21)15-5-6-16(19)26-15/h3-7H,8-10H2,1-2H3,(H,20,22). The Hall–Kier alpha value is -1.83. The van der Waals surface area contributed by atoms with E-state index in [1.54, 1.807) is 12.1 Å². The molecule has 0 bridgehead atoms. The van der Waals surface area contributed by atoms with Crippen molar-refractivity contribution in [2.24, 2.45) is 0 Å². The summed E-state index contributed by atoms with van der Waals surface area (Å²) in [6.07, 6.45) is 0. The number of hydrogen-bond acceptors (Lipinski definition) is 6. The Morgan fingerprint density at radius 1 is 1.15 bits per heavy atom. The van der Waals surface area contributed by atoms with Crippen molar-refractivity contribution >= 4 is 58.0 Å². The zero-order valence-corrected chi connectivity index (χ0v) is 16.7. The van der Waals surface area contributed by atoms with Gasteiger partial charge in [0.15, 0.2) is 6.61 Å². The van der Waals surface area contributed by atoms with Crippen LogP contribution in [-0.4, -0.2) is 35.8 Å². The number of rotatable bonds is 8. The molecule has 0 aliphatic heterocycles. The van der Waals surface area contributed by atoms with E-state index in [-0.39, 0.29) is 29.8 Å². The highest BCUT2D eigenvalue weighted by Gasteiger charge is 2.13. The predicted octanol–water partition coefficient (Wildman–Crippen LogP) is 4.12. The lowest BCUT2D eigenvalue weighted by Crippen LogP contribution is -2.18. The van der Waals surface area contributed by atoms with E-state index < -0.39 is 5.97 Å². The van der Waals surface area contributed by atoms with Gasteiger partial charge in [0.25, 0.3) is 0 Å². The molecule has 26 heavy (non-hydrogen) atoms. The van der Waals surface area contributed by atoms with E-state index in [9.17, 15) is 14.4 Å². The number of anilines is 1. The maximum absolute atomic E-state index is 11.9. The van der Waals surface area contributed by atoms with E-state index in [1.165, 1.54) is 0 Å². The average Bonchev–Trinajstić information content (AvgIpc) is 3.02. The maximum Gasteiger partial charge on any atom is 0.316 e. The quantitative estimate of drug-likeness (QED) is 0.522. The first-order valence-corrected chi connectivity index (χ1v) is 10.1. The van der Waals surface area contributed by atoms with Crippen LogP contribution < -0.4 is 5.32 Å². The number of esters is 1. The number of halogens is 1. The van der Waals surface area contributed by atoms with Gasteiger partial charge in [-0.1, -0.05) is 29.3 Å². The van der Waals surface area contributed by atoms with Gasteiger partial charge in [0, 0.05) is 5.69 Å². The van der Waals surface area contributed by atoms with Gasteiger partial charge in [-0.3, -0.25) is 14.4 Å². The van der Waals surface area contributed by atoms with Gasteiger partial charge in [0.1, 0.15) is 0 Å². The van der Waals surface area contributed by atoms with Crippen LogP contribution in [0.25, 0.3) is 0 Å². The molecule has 0 aliphatic carbocycles. The highest BCUT2D eigenvalue weighted by atomic mass is 35.5. The Kier molecular flexibility index (Phi) is 7.68. The molecular formula is C18H18ClNO4S2. The largest absolute Gasteiger partial charge is 0.457 e. The minimum absolute atomic E-state index is 0.00121. The van der Waals surface area contributed by atoms with E-state index >= 15 is 0 Å². The third kappa shape index (κ3) is 6.48. The maximum atomic E-state index is 11.9. The second-order valence-corrected chi connectivity index (χ2v) is 8.25. The van der Waals surface area contributed by atoms with Crippen LogP contribution in [0, 0.1) is 13.8 Å². The molecule has 1 amide bonds. The first-order valence-electron chi connectivity index (χ1n) is 7.74. The number of ketones is 1. The lowest BCUT2D eigenvalue weighted by atomic mass is 10.1. The summed E-state index contributed by atoms with van der Waals surface area (Å²) < 4.78 is 5.43. The van der Waals surface area contributed by atoms with Crippen molar-refractivity contribution in [1.82, 2.24) is 0 Å². The Labute approximate surface area is 165 Å². The van der Waals surface area contributed by atoms with E-state index in [2.05, 4.69) is 5.32 Å². The smallest absolute Gasteiger partial charge is 0.316 e. The summed E-state index contributed by atoms with van der Waals surface area (Å²) in [5, 5.41) is 2.81. The Bertz CT molecular complexity index is 819. The number of thioether (sulfide) groups is 1. The summed E-state index contributed by atoms with van der Waals surface area (Å²) in [6.45, 7) is 3.58. The molecule has 0 spiro atoms. The van der Waals surface area contributed by atoms with Crippen LogP contribution in [0.1, 0.15) is 20.8 Å². The lowest BCUT2D eigenvalue weighted by molar-refractivity contribution is -0.139. The zero-order valence-electron chi connectivity index (χ0n) is 14.3. The minimum Gasteiger partial charge on any atom is -0.457 e. The van der Waals surface area contributed by atoms with Crippen molar-refractivity contribution in [3.05, 3.63) is 50.7 Å². The predicted molar refractivity (Wildman–Crippen MR) is 106 cm³/mol. The minimum atomic E-state index is -0.537. The number of amides is 1. The van der Waals surface area contributed by atoms with Crippen LogP contribution in [0.2, 0.25) is 4.34 Å². The summed E-state index contributed by atoms with van der Waals surface area (Å²) >= 11 is 8.03. The monoisotopic (exact) mass is 411 g/mol. The van der Waals surface area contributed by atoms with Gasteiger partial charge < -0.3 is 10.1 Å². The molecule has 0 atom stereocenters. The van der Waals surface area contributed by atoms with Crippen LogP contribution in [0.15, 0.2) is 30.3 Å². The van der Waals surface area contributed by atoms with Crippen molar-refractivity contribution in [1.29, 1.82) is 0 Å². The molecule has 0 saturated carbocycles. The number of carbonyl (C=O) groups excluding carboxylic acids is 3. The zero-order chi connectivity index (χ0) is 19.1. The number of carbonyl (C=O) groups is 3. The van der Waals surface area contributed by atoms with E-state index in [4.69, 9.17) is 16.3 Å². The number of hydrogen-bond donors (Lipinski definition) is 1. The first-order chi connectivity index (χ1) is 12.3. The van der Waals surface area contributed by atoms with Crippen molar-refractivity contribution in [3.8, 4) is 0 Å². The molecule has 1 N–H and O–H groups in total. The Balaban J connectivity index is 1.67. The van der Waals surface area contributed by atoms with Crippen LogP contribution >= 0.6 is 34.7 Å². The molecule has 0 saturated heterocycles. The number of aryl methyl sites for hydroxylation is 2. The Morgan fingerprint density at radius 3 is 2.58 bits per heavy atom. The van der Waals surface area contributed by atoms with Crippen LogP contribution in [0.5, 0.6) is 0 Å². The molecule has 2 rings (SSSR count). The van der Waals surface area contributed by atoms with Gasteiger partial charge in [-0.05, 0) is 37.6 Å². The summed E-state index contributed by atoms with van der Waals surface area (Å²) in [5.41, 5.74) is 2.86. The fourth-order valence-corrected chi connectivity index (χ4v) is 3.67. The topological polar surface area (TPSA) is 72.5 Å². The highest BCUT2D eigenvalue weighted by molar-refractivity contribution is 8.00. The number of Topliss-reactive ketones (excluding diaryl/α,β-unsaturated/α-hetero) is 1. The summed E-state index contributed by atoms with van der Waals surface area (Å²) in [5.74, 6) is -0.910. The third-order valence-corrected chi connectivity index (χ3v) is 5.50. The van der Waals surface area contributed by atoms with Gasteiger partial charge >= 0.3 is 5.97 Å². The van der Waals surface area contributed by atoms with E-state index in [0.29, 0.717) is 9.21 Å². The summed E-state index contributed by atoms with van der Waals surface area (Å²) in [4.78, 5) is 35.9. The van der Waals surface area contributed by atoms with Gasteiger partial charge in [-0.15, -0.1) is 23.1 Å². The van der Waals surface area contributed by atoms with Crippen molar-refractivity contribution in [2.45, 2.75) is 13.8 Å². The van der Waals surface area contributed by atoms with Crippen LogP contribution in [0.4, 0.5) is 5.69 Å². The molecule has 1 aromatic carbocycles. The molecule has 0 fully saturated rings. The number of thiophene rings is 1. The Morgan fingerprint density at radius 2 is 1.92 bits per heavy atom. The number of nitrogens with one attached hydrogen (secondary N) is 1. The number of benzene rings is 1. The lowest BCUT2D eigenvalue weighted by Gasteiger charge is -2.09. The van der Waals surface area contributed by atoms with Crippen molar-refractivity contribution in [2.75, 3.05) is 23.4 Å². The van der Waals surface area contributed by atoms with Gasteiger partial charge in [0.2, 0.25) is 11.7 Å². The third-order valence-electron chi connectivity index (χ3n) is 3.32. The van der Waals surface area contributed by atoms with Gasteiger partial charge in [-0.2, -0.15) is 0 Å². The average molecular weight is 412 g/mol.